The Morgan fingerprint density at radius 2 is 1.88 bits per heavy atom. The van der Waals surface area contributed by atoms with E-state index in [1.54, 1.807) is 0 Å². The zero-order chi connectivity index (χ0) is 12.3. The molecular formula is C14H17BrF2. The van der Waals surface area contributed by atoms with Crippen molar-refractivity contribution in [2.24, 2.45) is 5.92 Å². The molecule has 1 aromatic rings. The minimum absolute atomic E-state index is 0.0682. The Balaban J connectivity index is 2.02. The Morgan fingerprint density at radius 1 is 1.18 bits per heavy atom. The second kappa shape index (κ2) is 5.94. The lowest BCUT2D eigenvalue weighted by Gasteiger charge is -2.24. The first-order chi connectivity index (χ1) is 8.16. The molecule has 0 amide bonds. The number of alkyl halides is 1. The van der Waals surface area contributed by atoms with Crippen molar-refractivity contribution in [3.05, 3.63) is 35.4 Å². The first-order valence-electron chi connectivity index (χ1n) is 6.26. The van der Waals surface area contributed by atoms with Crippen LogP contribution in [-0.2, 0) is 0 Å². The van der Waals surface area contributed by atoms with Crippen LogP contribution >= 0.6 is 15.9 Å². The third kappa shape index (κ3) is 3.51. The maximum Gasteiger partial charge on any atom is 0.127 e. The highest BCUT2D eigenvalue weighted by molar-refractivity contribution is 9.09. The Kier molecular flexibility index (Phi) is 4.55. The van der Waals surface area contributed by atoms with E-state index < -0.39 is 0 Å². The number of halogens is 3. The summed E-state index contributed by atoms with van der Waals surface area (Å²) in [4.78, 5) is -0.0682. The third-order valence-corrected chi connectivity index (χ3v) is 4.43. The highest BCUT2D eigenvalue weighted by atomic mass is 79.9. The molecule has 1 saturated carbocycles. The van der Waals surface area contributed by atoms with Crippen molar-refractivity contribution in [1.82, 2.24) is 0 Å². The molecule has 0 aromatic heterocycles. The normalized spacial score (nSPS) is 19.2. The van der Waals surface area contributed by atoms with Gasteiger partial charge in [-0.25, -0.2) is 8.78 Å². The summed E-state index contributed by atoms with van der Waals surface area (Å²) in [5.41, 5.74) is 0.454. The molecule has 1 aliphatic carbocycles. The van der Waals surface area contributed by atoms with Crippen molar-refractivity contribution in [2.45, 2.75) is 43.4 Å². The lowest BCUT2D eigenvalue weighted by atomic mass is 9.85. The van der Waals surface area contributed by atoms with Gasteiger partial charge in [0.25, 0.3) is 0 Å². The molecule has 0 heterocycles. The van der Waals surface area contributed by atoms with E-state index in [-0.39, 0.29) is 16.5 Å². The fourth-order valence-corrected chi connectivity index (χ4v) is 3.48. The number of hydrogen-bond donors (Lipinski definition) is 0. The predicted molar refractivity (Wildman–Crippen MR) is 69.2 cm³/mol. The van der Waals surface area contributed by atoms with Crippen LogP contribution in [0.1, 0.15) is 48.9 Å². The molecule has 0 radical (unpaired) electrons. The van der Waals surface area contributed by atoms with Crippen LogP contribution in [0.25, 0.3) is 0 Å². The van der Waals surface area contributed by atoms with E-state index in [0.29, 0.717) is 11.5 Å². The molecule has 94 valence electrons. The van der Waals surface area contributed by atoms with E-state index in [0.717, 1.165) is 6.42 Å². The average Bonchev–Trinajstić information content (AvgIpc) is 2.33. The van der Waals surface area contributed by atoms with Crippen LogP contribution in [-0.4, -0.2) is 0 Å². The lowest BCUT2D eigenvalue weighted by Crippen LogP contribution is -2.09. The molecule has 1 aromatic carbocycles. The maximum atomic E-state index is 13.6. The van der Waals surface area contributed by atoms with E-state index >= 15 is 0 Å². The van der Waals surface area contributed by atoms with Gasteiger partial charge in [-0.05, 0) is 30.5 Å². The summed E-state index contributed by atoms with van der Waals surface area (Å²) in [6.07, 6.45) is 7.21. The predicted octanol–water partition coefficient (Wildman–Crippen LogP) is 5.37. The summed E-state index contributed by atoms with van der Waals surface area (Å²) < 4.78 is 26.7. The van der Waals surface area contributed by atoms with Gasteiger partial charge in [0.15, 0.2) is 0 Å². The first-order valence-corrected chi connectivity index (χ1v) is 7.17. The molecule has 1 aliphatic rings. The summed E-state index contributed by atoms with van der Waals surface area (Å²) >= 11 is 3.50. The van der Waals surface area contributed by atoms with Crippen LogP contribution in [0.15, 0.2) is 18.2 Å². The topological polar surface area (TPSA) is 0 Å². The smallest absolute Gasteiger partial charge is 0.127 e. The van der Waals surface area contributed by atoms with Crippen LogP contribution in [0, 0.1) is 17.6 Å². The van der Waals surface area contributed by atoms with Crippen molar-refractivity contribution >= 4 is 15.9 Å². The van der Waals surface area contributed by atoms with E-state index in [1.165, 1.54) is 50.3 Å². The van der Waals surface area contributed by atoms with Crippen LogP contribution in [0.2, 0.25) is 0 Å². The van der Waals surface area contributed by atoms with Crippen molar-refractivity contribution in [3.63, 3.8) is 0 Å². The van der Waals surface area contributed by atoms with Crippen LogP contribution in [0.3, 0.4) is 0 Å². The van der Waals surface area contributed by atoms with Crippen LogP contribution < -0.4 is 0 Å². The number of hydrogen-bond acceptors (Lipinski definition) is 0. The van der Waals surface area contributed by atoms with Gasteiger partial charge in [0.1, 0.15) is 11.6 Å². The van der Waals surface area contributed by atoms with Gasteiger partial charge in [-0.2, -0.15) is 0 Å². The number of benzene rings is 1. The Hall–Kier alpha value is -0.440. The molecule has 2 rings (SSSR count). The molecule has 0 aliphatic heterocycles. The van der Waals surface area contributed by atoms with E-state index in [1.807, 2.05) is 0 Å². The monoisotopic (exact) mass is 302 g/mol. The Morgan fingerprint density at radius 3 is 2.59 bits per heavy atom. The largest absolute Gasteiger partial charge is 0.207 e. The fraction of sp³-hybridized carbons (Fsp3) is 0.571. The highest BCUT2D eigenvalue weighted by Gasteiger charge is 2.20. The molecule has 0 nitrogen and oxygen atoms in total. The molecule has 0 bridgehead atoms. The van der Waals surface area contributed by atoms with E-state index in [9.17, 15) is 8.78 Å². The number of rotatable bonds is 3. The molecule has 3 heteroatoms. The molecule has 0 saturated heterocycles. The van der Waals surface area contributed by atoms with Crippen LogP contribution in [0.4, 0.5) is 8.78 Å². The second-order valence-electron chi connectivity index (χ2n) is 4.87. The summed E-state index contributed by atoms with van der Waals surface area (Å²) in [7, 11) is 0. The van der Waals surface area contributed by atoms with Crippen molar-refractivity contribution in [2.75, 3.05) is 0 Å². The van der Waals surface area contributed by atoms with Crippen molar-refractivity contribution in [3.8, 4) is 0 Å². The summed E-state index contributed by atoms with van der Waals surface area (Å²) in [6.45, 7) is 0. The molecule has 17 heavy (non-hydrogen) atoms. The molecule has 1 fully saturated rings. The Bertz CT molecular complexity index is 372. The minimum atomic E-state index is -0.366. The minimum Gasteiger partial charge on any atom is -0.207 e. The second-order valence-corrected chi connectivity index (χ2v) is 5.98. The zero-order valence-electron chi connectivity index (χ0n) is 9.76. The van der Waals surface area contributed by atoms with Gasteiger partial charge in [-0.3, -0.25) is 0 Å². The molecular weight excluding hydrogens is 286 g/mol. The van der Waals surface area contributed by atoms with E-state index in [2.05, 4.69) is 15.9 Å². The maximum absolute atomic E-state index is 13.6. The van der Waals surface area contributed by atoms with Gasteiger partial charge < -0.3 is 0 Å². The van der Waals surface area contributed by atoms with Gasteiger partial charge in [-0.1, -0.05) is 48.0 Å². The third-order valence-electron chi connectivity index (χ3n) is 3.56. The van der Waals surface area contributed by atoms with Crippen molar-refractivity contribution in [1.29, 1.82) is 0 Å². The summed E-state index contributed by atoms with van der Waals surface area (Å²) in [6, 6.07) is 3.68. The first kappa shape index (κ1) is 13.0. The summed E-state index contributed by atoms with van der Waals surface area (Å²) in [5.74, 6) is -0.0330. The van der Waals surface area contributed by atoms with Gasteiger partial charge in [0, 0.05) is 10.4 Å². The van der Waals surface area contributed by atoms with Crippen LogP contribution in [0.5, 0.6) is 0 Å². The average molecular weight is 303 g/mol. The van der Waals surface area contributed by atoms with E-state index in [4.69, 9.17) is 0 Å². The molecule has 0 N–H and O–H groups in total. The van der Waals surface area contributed by atoms with Gasteiger partial charge in [-0.15, -0.1) is 0 Å². The Labute approximate surface area is 110 Å². The van der Waals surface area contributed by atoms with Gasteiger partial charge in [0.05, 0.1) is 0 Å². The standard InChI is InChI=1S/C14H17BrF2/c15-13(8-10-4-2-1-3-5-10)12-9-11(16)6-7-14(12)17/h6-7,9-10,13H,1-5,8H2. The quantitative estimate of drug-likeness (QED) is 0.658. The SMILES string of the molecule is Fc1ccc(F)c(C(Br)CC2CCCCC2)c1. The summed E-state index contributed by atoms with van der Waals surface area (Å²) in [5, 5.41) is 0. The van der Waals surface area contributed by atoms with Gasteiger partial charge >= 0.3 is 0 Å². The lowest BCUT2D eigenvalue weighted by molar-refractivity contribution is 0.337. The van der Waals surface area contributed by atoms with Gasteiger partial charge in [0.2, 0.25) is 0 Å². The highest BCUT2D eigenvalue weighted by Crippen LogP contribution is 2.37. The zero-order valence-corrected chi connectivity index (χ0v) is 11.3. The molecule has 0 spiro atoms. The van der Waals surface area contributed by atoms with Crippen molar-refractivity contribution < 1.29 is 8.78 Å². The molecule has 1 atom stereocenters. The fourth-order valence-electron chi connectivity index (χ4n) is 2.60. The molecule has 1 unspecified atom stereocenters.